The summed E-state index contributed by atoms with van der Waals surface area (Å²) in [6, 6.07) is 10.5. The summed E-state index contributed by atoms with van der Waals surface area (Å²) in [5.74, 6) is 0. The maximum absolute atomic E-state index is 11.6. The number of H-pyrrole nitrogens is 1. The van der Waals surface area contributed by atoms with E-state index in [-0.39, 0.29) is 30.2 Å². The molecule has 2 rings (SSSR count). The Morgan fingerprint density at radius 3 is 2.72 bits per heavy atom. The van der Waals surface area contributed by atoms with Gasteiger partial charge >= 0.3 is 6.09 Å². The zero-order valence-electron chi connectivity index (χ0n) is 13.3. The highest BCUT2D eigenvalue weighted by atomic mass is 35.5. The Balaban J connectivity index is 1.75. The van der Waals surface area contributed by atoms with Crippen molar-refractivity contribution in [1.29, 1.82) is 0 Å². The number of ether oxygens (including phenoxy) is 1. The predicted molar refractivity (Wildman–Crippen MR) is 92.3 cm³/mol. The van der Waals surface area contributed by atoms with Crippen molar-refractivity contribution < 1.29 is 19.7 Å². The summed E-state index contributed by atoms with van der Waals surface area (Å²) < 4.78 is 5.02. The molecule has 0 radical (unpaired) electrons. The second kappa shape index (κ2) is 9.22. The first-order valence-electron chi connectivity index (χ1n) is 7.66. The minimum Gasteiger partial charge on any atom is -0.445 e. The Morgan fingerprint density at radius 2 is 2.00 bits per heavy atom. The van der Waals surface area contributed by atoms with Gasteiger partial charge in [0.15, 0.2) is 0 Å². The molecule has 0 aliphatic carbocycles. The monoisotopic (exact) mass is 366 g/mol. The molecule has 1 amide bonds. The fourth-order valence-corrected chi connectivity index (χ4v) is 2.33. The van der Waals surface area contributed by atoms with Crippen LogP contribution in [-0.2, 0) is 11.3 Å². The molecule has 2 atom stereocenters. The number of benzene rings is 1. The van der Waals surface area contributed by atoms with Gasteiger partial charge in [0.05, 0.1) is 11.1 Å². The minimum atomic E-state index is -1.41. The number of halogens is 1. The minimum absolute atomic E-state index is 0.0353. The average molecular weight is 367 g/mol. The summed E-state index contributed by atoms with van der Waals surface area (Å²) >= 11 is 5.76. The zero-order valence-corrected chi connectivity index (χ0v) is 14.1. The number of pyridine rings is 1. The predicted octanol–water partition coefficient (Wildman–Crippen LogP) is 1.74. The molecule has 7 nitrogen and oxygen atoms in total. The van der Waals surface area contributed by atoms with Crippen molar-refractivity contribution in [2.75, 3.05) is 6.54 Å². The Hall–Kier alpha value is -2.35. The van der Waals surface area contributed by atoms with Gasteiger partial charge in [-0.2, -0.15) is 0 Å². The number of alkyl carbamates (subject to hydrolysis) is 1. The van der Waals surface area contributed by atoms with Crippen LogP contribution < -0.4 is 10.9 Å². The van der Waals surface area contributed by atoms with E-state index >= 15 is 0 Å². The van der Waals surface area contributed by atoms with Crippen LogP contribution in [0.15, 0.2) is 47.4 Å². The SMILES string of the molecule is O=C(NCCC(O)C(O)c1cc(Cl)c[nH]c1=O)OCc1ccccc1. The number of rotatable bonds is 7. The van der Waals surface area contributed by atoms with Crippen LogP contribution >= 0.6 is 11.6 Å². The third kappa shape index (κ3) is 5.90. The highest BCUT2D eigenvalue weighted by molar-refractivity contribution is 6.30. The quantitative estimate of drug-likeness (QED) is 0.596. The number of aliphatic hydroxyl groups is 2. The average Bonchev–Trinajstić information content (AvgIpc) is 2.62. The van der Waals surface area contributed by atoms with E-state index in [1.807, 2.05) is 30.3 Å². The molecule has 2 aromatic rings. The van der Waals surface area contributed by atoms with Gasteiger partial charge in [0.2, 0.25) is 0 Å². The Morgan fingerprint density at radius 1 is 1.28 bits per heavy atom. The van der Waals surface area contributed by atoms with E-state index in [2.05, 4.69) is 10.3 Å². The molecule has 0 fully saturated rings. The molecule has 2 unspecified atom stereocenters. The maximum atomic E-state index is 11.6. The molecular weight excluding hydrogens is 348 g/mol. The van der Waals surface area contributed by atoms with Crippen LogP contribution in [0.1, 0.15) is 23.7 Å². The van der Waals surface area contributed by atoms with E-state index in [1.165, 1.54) is 12.3 Å². The van der Waals surface area contributed by atoms with Gasteiger partial charge in [-0.05, 0) is 18.1 Å². The van der Waals surface area contributed by atoms with Crippen molar-refractivity contribution in [3.8, 4) is 0 Å². The Labute approximate surface area is 149 Å². The Kier molecular flexibility index (Phi) is 7.00. The number of aliphatic hydroxyl groups excluding tert-OH is 2. The van der Waals surface area contributed by atoms with E-state index in [0.717, 1.165) is 5.56 Å². The summed E-state index contributed by atoms with van der Waals surface area (Å²) in [6.45, 7) is 0.208. The largest absolute Gasteiger partial charge is 0.445 e. The van der Waals surface area contributed by atoms with Crippen molar-refractivity contribution in [1.82, 2.24) is 10.3 Å². The second-order valence-electron chi connectivity index (χ2n) is 5.39. The summed E-state index contributed by atoms with van der Waals surface area (Å²) in [4.78, 5) is 25.6. The normalized spacial score (nSPS) is 13.1. The van der Waals surface area contributed by atoms with Crippen LogP contribution in [0.5, 0.6) is 0 Å². The molecule has 0 saturated heterocycles. The summed E-state index contributed by atoms with van der Waals surface area (Å²) in [6.07, 6.45) is -1.96. The number of aromatic amines is 1. The first-order chi connectivity index (χ1) is 12.0. The van der Waals surface area contributed by atoms with Crippen molar-refractivity contribution in [3.05, 3.63) is 69.1 Å². The van der Waals surface area contributed by atoms with Crippen LogP contribution in [0.4, 0.5) is 4.79 Å². The van der Waals surface area contributed by atoms with E-state index in [0.29, 0.717) is 0 Å². The number of hydrogen-bond donors (Lipinski definition) is 4. The number of hydrogen-bond acceptors (Lipinski definition) is 5. The third-order valence-corrected chi connectivity index (χ3v) is 3.72. The van der Waals surface area contributed by atoms with Gasteiger partial charge in [-0.1, -0.05) is 41.9 Å². The van der Waals surface area contributed by atoms with E-state index in [4.69, 9.17) is 16.3 Å². The highest BCUT2D eigenvalue weighted by Gasteiger charge is 2.21. The molecule has 0 bridgehead atoms. The number of aromatic nitrogens is 1. The van der Waals surface area contributed by atoms with Crippen molar-refractivity contribution in [3.63, 3.8) is 0 Å². The summed E-state index contributed by atoms with van der Waals surface area (Å²) in [5.41, 5.74) is 0.283. The topological polar surface area (TPSA) is 112 Å². The lowest BCUT2D eigenvalue weighted by Gasteiger charge is -2.17. The summed E-state index contributed by atoms with van der Waals surface area (Å²) in [7, 11) is 0. The molecule has 0 aliphatic heterocycles. The van der Waals surface area contributed by atoms with Gasteiger partial charge < -0.3 is 25.3 Å². The molecule has 4 N–H and O–H groups in total. The number of amides is 1. The molecule has 1 aromatic heterocycles. The summed E-state index contributed by atoms with van der Waals surface area (Å²) in [5, 5.41) is 22.7. The zero-order chi connectivity index (χ0) is 18.2. The van der Waals surface area contributed by atoms with Crippen molar-refractivity contribution >= 4 is 17.7 Å². The molecule has 0 spiro atoms. The van der Waals surface area contributed by atoms with E-state index < -0.39 is 23.9 Å². The maximum Gasteiger partial charge on any atom is 0.407 e. The van der Waals surface area contributed by atoms with Gasteiger partial charge in [0.25, 0.3) is 5.56 Å². The fourth-order valence-electron chi connectivity index (χ4n) is 2.15. The van der Waals surface area contributed by atoms with Crippen LogP contribution in [0.25, 0.3) is 0 Å². The van der Waals surface area contributed by atoms with Crippen molar-refractivity contribution in [2.24, 2.45) is 0 Å². The van der Waals surface area contributed by atoms with Crippen LogP contribution in [-0.4, -0.2) is 33.9 Å². The fraction of sp³-hybridized carbons (Fsp3) is 0.294. The highest BCUT2D eigenvalue weighted by Crippen LogP contribution is 2.18. The van der Waals surface area contributed by atoms with E-state index in [9.17, 15) is 19.8 Å². The van der Waals surface area contributed by atoms with Crippen molar-refractivity contribution in [2.45, 2.75) is 25.2 Å². The lowest BCUT2D eigenvalue weighted by molar-refractivity contribution is 0.0128. The van der Waals surface area contributed by atoms with Gasteiger partial charge in [0, 0.05) is 18.3 Å². The molecule has 1 heterocycles. The van der Waals surface area contributed by atoms with E-state index in [1.54, 1.807) is 0 Å². The van der Waals surface area contributed by atoms with Crippen LogP contribution in [0, 0.1) is 0 Å². The molecule has 25 heavy (non-hydrogen) atoms. The second-order valence-corrected chi connectivity index (χ2v) is 5.83. The van der Waals surface area contributed by atoms with Crippen LogP contribution in [0.3, 0.4) is 0 Å². The first kappa shape index (κ1) is 19.0. The number of nitrogens with one attached hydrogen (secondary N) is 2. The molecule has 134 valence electrons. The standard InChI is InChI=1S/C17H19ClN2O5/c18-12-8-13(16(23)20-9-12)15(22)14(21)6-7-19-17(24)25-10-11-4-2-1-3-5-11/h1-5,8-9,14-15,21-22H,6-7,10H2,(H,19,24)(H,20,23). The molecule has 0 aliphatic rings. The van der Waals surface area contributed by atoms with Gasteiger partial charge in [-0.3, -0.25) is 4.79 Å². The van der Waals surface area contributed by atoms with Gasteiger partial charge in [-0.15, -0.1) is 0 Å². The molecule has 8 heteroatoms. The molecular formula is C17H19ClN2O5. The molecule has 0 saturated carbocycles. The Bertz CT molecular complexity index is 750. The lowest BCUT2D eigenvalue weighted by Crippen LogP contribution is -2.31. The third-order valence-electron chi connectivity index (χ3n) is 3.50. The lowest BCUT2D eigenvalue weighted by atomic mass is 10.0. The van der Waals surface area contributed by atoms with Gasteiger partial charge in [0.1, 0.15) is 12.7 Å². The van der Waals surface area contributed by atoms with Crippen LogP contribution in [0.2, 0.25) is 5.02 Å². The number of carbonyl (C=O) groups is 1. The smallest absolute Gasteiger partial charge is 0.407 e. The number of carbonyl (C=O) groups excluding carboxylic acids is 1. The first-order valence-corrected chi connectivity index (χ1v) is 8.04. The van der Waals surface area contributed by atoms with Gasteiger partial charge in [-0.25, -0.2) is 4.79 Å². The molecule has 1 aromatic carbocycles.